The largest absolute Gasteiger partial charge is 0.493 e. The standard InChI is InChI=1S/C18H19ClO2/c1-18(20,15-7-3-4-8-16(15)19)12-13-10-11-21-17-9-5-2-6-14(13)17/h2-9,13,20H,10-12H2,1H3. The van der Waals surface area contributed by atoms with Gasteiger partial charge in [-0.1, -0.05) is 48.0 Å². The fourth-order valence-corrected chi connectivity index (χ4v) is 3.45. The minimum atomic E-state index is -0.951. The van der Waals surface area contributed by atoms with E-state index in [0.29, 0.717) is 18.1 Å². The Morgan fingerprint density at radius 1 is 1.19 bits per heavy atom. The Morgan fingerprint density at radius 3 is 2.71 bits per heavy atom. The Bertz CT molecular complexity index is 637. The normalized spacial score (nSPS) is 20.2. The zero-order chi connectivity index (χ0) is 14.9. The van der Waals surface area contributed by atoms with Crippen LogP contribution < -0.4 is 4.74 Å². The summed E-state index contributed by atoms with van der Waals surface area (Å²) in [5, 5.41) is 11.5. The van der Waals surface area contributed by atoms with Crippen molar-refractivity contribution in [2.75, 3.05) is 6.61 Å². The van der Waals surface area contributed by atoms with Crippen molar-refractivity contribution in [2.45, 2.75) is 31.3 Å². The summed E-state index contributed by atoms with van der Waals surface area (Å²) in [5.41, 5.74) is 1.01. The van der Waals surface area contributed by atoms with Gasteiger partial charge in [-0.15, -0.1) is 0 Å². The number of ether oxygens (including phenoxy) is 1. The maximum absolute atomic E-state index is 10.9. The van der Waals surface area contributed by atoms with Crippen molar-refractivity contribution in [3.63, 3.8) is 0 Å². The third-order valence-electron chi connectivity index (χ3n) is 4.18. The zero-order valence-electron chi connectivity index (χ0n) is 12.1. The van der Waals surface area contributed by atoms with Gasteiger partial charge in [0, 0.05) is 10.6 Å². The van der Waals surface area contributed by atoms with E-state index in [-0.39, 0.29) is 5.92 Å². The topological polar surface area (TPSA) is 29.5 Å². The molecule has 0 radical (unpaired) electrons. The van der Waals surface area contributed by atoms with Crippen molar-refractivity contribution in [1.82, 2.24) is 0 Å². The molecule has 2 nitrogen and oxygen atoms in total. The molecule has 1 N–H and O–H groups in total. The molecule has 0 bridgehead atoms. The second-order valence-electron chi connectivity index (χ2n) is 5.83. The summed E-state index contributed by atoms with van der Waals surface area (Å²) in [4.78, 5) is 0. The van der Waals surface area contributed by atoms with Crippen molar-refractivity contribution in [3.8, 4) is 5.75 Å². The van der Waals surface area contributed by atoms with Crippen LogP contribution in [0.2, 0.25) is 5.02 Å². The van der Waals surface area contributed by atoms with Gasteiger partial charge in [0.15, 0.2) is 0 Å². The third-order valence-corrected chi connectivity index (χ3v) is 4.51. The van der Waals surface area contributed by atoms with Crippen molar-refractivity contribution in [1.29, 1.82) is 0 Å². The summed E-state index contributed by atoms with van der Waals surface area (Å²) in [5.74, 6) is 1.21. The minimum absolute atomic E-state index is 0.279. The molecule has 2 unspecified atom stereocenters. The maximum atomic E-state index is 10.9. The molecule has 1 aliphatic rings. The lowest BCUT2D eigenvalue weighted by Gasteiger charge is -2.33. The highest BCUT2D eigenvalue weighted by atomic mass is 35.5. The average molecular weight is 303 g/mol. The SMILES string of the molecule is CC(O)(CC1CCOc2ccccc21)c1ccccc1Cl. The highest BCUT2D eigenvalue weighted by Crippen LogP contribution is 2.42. The van der Waals surface area contributed by atoms with Crippen molar-refractivity contribution in [2.24, 2.45) is 0 Å². The molecule has 1 heterocycles. The molecule has 0 amide bonds. The van der Waals surface area contributed by atoms with Crippen molar-refractivity contribution in [3.05, 3.63) is 64.7 Å². The summed E-state index contributed by atoms with van der Waals surface area (Å²) in [6.07, 6.45) is 1.55. The lowest BCUT2D eigenvalue weighted by atomic mass is 9.80. The van der Waals surface area contributed by atoms with E-state index in [0.717, 1.165) is 17.7 Å². The lowest BCUT2D eigenvalue weighted by Crippen LogP contribution is -2.27. The first-order valence-electron chi connectivity index (χ1n) is 7.27. The molecule has 0 saturated heterocycles. The fourth-order valence-electron chi connectivity index (χ4n) is 3.12. The van der Waals surface area contributed by atoms with E-state index in [9.17, 15) is 5.11 Å². The molecule has 110 valence electrons. The monoisotopic (exact) mass is 302 g/mol. The number of fused-ring (bicyclic) bond motifs is 1. The first kappa shape index (κ1) is 14.4. The van der Waals surface area contributed by atoms with E-state index in [4.69, 9.17) is 16.3 Å². The summed E-state index contributed by atoms with van der Waals surface area (Å²) < 4.78 is 5.69. The Balaban J connectivity index is 1.89. The van der Waals surface area contributed by atoms with Gasteiger partial charge in [-0.2, -0.15) is 0 Å². The van der Waals surface area contributed by atoms with Gasteiger partial charge < -0.3 is 9.84 Å². The van der Waals surface area contributed by atoms with Crippen LogP contribution in [0.5, 0.6) is 5.75 Å². The van der Waals surface area contributed by atoms with Gasteiger partial charge in [-0.3, -0.25) is 0 Å². The molecule has 0 fully saturated rings. The molecule has 0 saturated carbocycles. The van der Waals surface area contributed by atoms with Gasteiger partial charge in [-0.25, -0.2) is 0 Å². The van der Waals surface area contributed by atoms with E-state index in [1.165, 1.54) is 5.56 Å². The third kappa shape index (κ3) is 2.92. The summed E-state index contributed by atoms with van der Waals surface area (Å²) in [6.45, 7) is 2.53. The van der Waals surface area contributed by atoms with Crippen LogP contribution in [-0.4, -0.2) is 11.7 Å². The molecular weight excluding hydrogens is 284 g/mol. The predicted octanol–water partition coefficient (Wildman–Crippen LogP) is 4.50. The summed E-state index contributed by atoms with van der Waals surface area (Å²) >= 11 is 6.24. The molecule has 21 heavy (non-hydrogen) atoms. The first-order chi connectivity index (χ1) is 10.1. The van der Waals surface area contributed by atoms with E-state index < -0.39 is 5.60 Å². The van der Waals surface area contributed by atoms with Crippen LogP contribution >= 0.6 is 11.6 Å². The minimum Gasteiger partial charge on any atom is -0.493 e. The van der Waals surface area contributed by atoms with Crippen LogP contribution in [0.3, 0.4) is 0 Å². The first-order valence-corrected chi connectivity index (χ1v) is 7.65. The molecule has 2 atom stereocenters. The number of aliphatic hydroxyl groups is 1. The Hall–Kier alpha value is -1.51. The summed E-state index contributed by atoms with van der Waals surface area (Å²) in [7, 11) is 0. The van der Waals surface area contributed by atoms with Crippen LogP contribution in [0, 0.1) is 0 Å². The second kappa shape index (κ2) is 5.70. The number of rotatable bonds is 3. The van der Waals surface area contributed by atoms with Gasteiger partial charge in [-0.05, 0) is 43.4 Å². The Labute approximate surface area is 130 Å². The number of benzene rings is 2. The highest BCUT2D eigenvalue weighted by molar-refractivity contribution is 6.31. The van der Waals surface area contributed by atoms with E-state index in [2.05, 4.69) is 6.07 Å². The van der Waals surface area contributed by atoms with E-state index >= 15 is 0 Å². The van der Waals surface area contributed by atoms with Crippen LogP contribution in [-0.2, 0) is 5.60 Å². The lowest BCUT2D eigenvalue weighted by molar-refractivity contribution is 0.0353. The van der Waals surface area contributed by atoms with Crippen LogP contribution in [0.1, 0.15) is 36.8 Å². The number of halogens is 1. The van der Waals surface area contributed by atoms with Crippen molar-refractivity contribution >= 4 is 11.6 Å². The van der Waals surface area contributed by atoms with Crippen LogP contribution in [0.4, 0.5) is 0 Å². The Morgan fingerprint density at radius 2 is 1.90 bits per heavy atom. The zero-order valence-corrected chi connectivity index (χ0v) is 12.8. The summed E-state index contributed by atoms with van der Waals surface area (Å²) in [6, 6.07) is 15.6. The number of hydrogen-bond donors (Lipinski definition) is 1. The molecular formula is C18H19ClO2. The van der Waals surface area contributed by atoms with E-state index in [1.54, 1.807) is 0 Å². The highest BCUT2D eigenvalue weighted by Gasteiger charge is 2.32. The Kier molecular flexibility index (Phi) is 3.92. The van der Waals surface area contributed by atoms with Crippen LogP contribution in [0.25, 0.3) is 0 Å². The molecule has 3 heteroatoms. The van der Waals surface area contributed by atoms with Crippen LogP contribution in [0.15, 0.2) is 48.5 Å². The molecule has 2 aromatic rings. The number of para-hydroxylation sites is 1. The van der Waals surface area contributed by atoms with Gasteiger partial charge >= 0.3 is 0 Å². The molecule has 0 spiro atoms. The second-order valence-corrected chi connectivity index (χ2v) is 6.24. The predicted molar refractivity (Wildman–Crippen MR) is 84.9 cm³/mol. The smallest absolute Gasteiger partial charge is 0.122 e. The van der Waals surface area contributed by atoms with Gasteiger partial charge in [0.2, 0.25) is 0 Å². The molecule has 3 rings (SSSR count). The maximum Gasteiger partial charge on any atom is 0.122 e. The van der Waals surface area contributed by atoms with Crippen molar-refractivity contribution < 1.29 is 9.84 Å². The molecule has 0 aliphatic carbocycles. The number of hydrogen-bond acceptors (Lipinski definition) is 2. The quantitative estimate of drug-likeness (QED) is 0.904. The molecule has 1 aliphatic heterocycles. The molecule has 0 aromatic heterocycles. The van der Waals surface area contributed by atoms with E-state index in [1.807, 2.05) is 49.4 Å². The van der Waals surface area contributed by atoms with Gasteiger partial charge in [0.05, 0.1) is 12.2 Å². The van der Waals surface area contributed by atoms with Gasteiger partial charge in [0.1, 0.15) is 5.75 Å². The fraction of sp³-hybridized carbons (Fsp3) is 0.333. The average Bonchev–Trinajstić information content (AvgIpc) is 2.47. The molecule has 2 aromatic carbocycles. The van der Waals surface area contributed by atoms with Gasteiger partial charge in [0.25, 0.3) is 0 Å².